The Bertz CT molecular complexity index is 463. The van der Waals surface area contributed by atoms with Crippen LogP contribution in [0.2, 0.25) is 0 Å². The molecule has 1 aliphatic rings. The standard InChI is InChI=1S/C13H16N4O/c14-7-9-5-6-12(16-8-9)13(18)17-11-4-2-1-3-10(11)15/h5-6,8,10-11H,1-4,15H2,(H,17,18). The number of nitrogens with two attached hydrogens (primary N) is 1. The van der Waals surface area contributed by atoms with Gasteiger partial charge in [-0.05, 0) is 25.0 Å². The van der Waals surface area contributed by atoms with Gasteiger partial charge in [-0.25, -0.2) is 4.98 Å². The third-order valence-corrected chi connectivity index (χ3v) is 3.26. The molecular formula is C13H16N4O. The van der Waals surface area contributed by atoms with E-state index >= 15 is 0 Å². The van der Waals surface area contributed by atoms with Gasteiger partial charge in [0, 0.05) is 18.3 Å². The summed E-state index contributed by atoms with van der Waals surface area (Å²) in [5, 5.41) is 11.6. The first-order valence-electron chi connectivity index (χ1n) is 6.13. The van der Waals surface area contributed by atoms with Crippen molar-refractivity contribution >= 4 is 5.91 Å². The van der Waals surface area contributed by atoms with Gasteiger partial charge in [-0.3, -0.25) is 4.79 Å². The SMILES string of the molecule is N#Cc1ccc(C(=O)NC2CCCCC2N)nc1. The van der Waals surface area contributed by atoms with E-state index in [1.54, 1.807) is 12.1 Å². The third kappa shape index (κ3) is 2.84. The lowest BCUT2D eigenvalue weighted by molar-refractivity contribution is 0.0916. The maximum Gasteiger partial charge on any atom is 0.270 e. The third-order valence-electron chi connectivity index (χ3n) is 3.26. The Kier molecular flexibility index (Phi) is 3.90. The summed E-state index contributed by atoms with van der Waals surface area (Å²) in [4.78, 5) is 15.9. The van der Waals surface area contributed by atoms with Crippen LogP contribution in [-0.2, 0) is 0 Å². The highest BCUT2D eigenvalue weighted by atomic mass is 16.1. The molecule has 1 aliphatic carbocycles. The van der Waals surface area contributed by atoms with E-state index in [-0.39, 0.29) is 18.0 Å². The number of amides is 1. The first-order chi connectivity index (χ1) is 8.70. The topological polar surface area (TPSA) is 91.8 Å². The Morgan fingerprint density at radius 3 is 2.83 bits per heavy atom. The number of carbonyl (C=O) groups excluding carboxylic acids is 1. The molecule has 1 fully saturated rings. The number of rotatable bonds is 2. The highest BCUT2D eigenvalue weighted by Crippen LogP contribution is 2.17. The van der Waals surface area contributed by atoms with Gasteiger partial charge in [-0.15, -0.1) is 0 Å². The number of aromatic nitrogens is 1. The Morgan fingerprint density at radius 1 is 1.44 bits per heavy atom. The van der Waals surface area contributed by atoms with Crippen molar-refractivity contribution in [1.82, 2.24) is 10.3 Å². The average Bonchev–Trinajstić information content (AvgIpc) is 2.41. The van der Waals surface area contributed by atoms with Crippen LogP contribution in [0.4, 0.5) is 0 Å². The largest absolute Gasteiger partial charge is 0.346 e. The molecule has 94 valence electrons. The number of nitrogens with one attached hydrogen (secondary N) is 1. The highest BCUT2D eigenvalue weighted by Gasteiger charge is 2.23. The van der Waals surface area contributed by atoms with Crippen LogP contribution in [-0.4, -0.2) is 23.0 Å². The molecule has 0 bridgehead atoms. The molecule has 18 heavy (non-hydrogen) atoms. The van der Waals surface area contributed by atoms with Crippen molar-refractivity contribution in [3.8, 4) is 6.07 Å². The van der Waals surface area contributed by atoms with Crippen LogP contribution in [0, 0.1) is 11.3 Å². The number of hydrogen-bond donors (Lipinski definition) is 2. The van der Waals surface area contributed by atoms with Crippen LogP contribution in [0.1, 0.15) is 41.7 Å². The van der Waals surface area contributed by atoms with Crippen molar-refractivity contribution in [3.05, 3.63) is 29.6 Å². The molecule has 2 unspecified atom stereocenters. The quantitative estimate of drug-likeness (QED) is 0.810. The number of carbonyl (C=O) groups is 1. The normalized spacial score (nSPS) is 23.1. The first kappa shape index (κ1) is 12.5. The maximum atomic E-state index is 11.9. The molecule has 2 atom stereocenters. The highest BCUT2D eigenvalue weighted by molar-refractivity contribution is 5.92. The lowest BCUT2D eigenvalue weighted by Crippen LogP contribution is -2.49. The number of hydrogen-bond acceptors (Lipinski definition) is 4. The number of nitriles is 1. The van der Waals surface area contributed by atoms with Crippen LogP contribution in [0.5, 0.6) is 0 Å². The summed E-state index contributed by atoms with van der Waals surface area (Å²) < 4.78 is 0. The molecule has 3 N–H and O–H groups in total. The van der Waals surface area contributed by atoms with E-state index in [9.17, 15) is 4.79 Å². The molecule has 0 saturated heterocycles. The lowest BCUT2D eigenvalue weighted by atomic mass is 9.91. The molecule has 5 nitrogen and oxygen atoms in total. The summed E-state index contributed by atoms with van der Waals surface area (Å²) in [5.41, 5.74) is 6.74. The molecule has 1 saturated carbocycles. The summed E-state index contributed by atoms with van der Waals surface area (Å²) in [6, 6.07) is 5.17. The van der Waals surface area contributed by atoms with Crippen LogP contribution in [0.3, 0.4) is 0 Å². The van der Waals surface area contributed by atoms with Crippen molar-refractivity contribution in [2.75, 3.05) is 0 Å². The molecule has 0 aliphatic heterocycles. The molecule has 1 aromatic rings. The molecule has 5 heteroatoms. The van der Waals surface area contributed by atoms with Gasteiger partial charge in [0.15, 0.2) is 0 Å². The minimum atomic E-state index is -0.221. The molecule has 0 radical (unpaired) electrons. The van der Waals surface area contributed by atoms with Gasteiger partial charge in [-0.1, -0.05) is 12.8 Å². The van der Waals surface area contributed by atoms with Crippen LogP contribution in [0.15, 0.2) is 18.3 Å². The minimum Gasteiger partial charge on any atom is -0.346 e. The van der Waals surface area contributed by atoms with E-state index in [4.69, 9.17) is 11.0 Å². The second kappa shape index (κ2) is 5.61. The van der Waals surface area contributed by atoms with E-state index in [0.29, 0.717) is 11.3 Å². The van der Waals surface area contributed by atoms with Crippen molar-refractivity contribution in [2.45, 2.75) is 37.8 Å². The molecule has 1 amide bonds. The second-order valence-electron chi connectivity index (χ2n) is 4.57. The van der Waals surface area contributed by atoms with Crippen molar-refractivity contribution < 1.29 is 4.79 Å². The Hall–Kier alpha value is -1.93. The van der Waals surface area contributed by atoms with E-state index in [0.717, 1.165) is 25.7 Å². The summed E-state index contributed by atoms with van der Waals surface area (Å²) in [5.74, 6) is -0.221. The van der Waals surface area contributed by atoms with E-state index < -0.39 is 0 Å². The zero-order valence-electron chi connectivity index (χ0n) is 10.1. The van der Waals surface area contributed by atoms with E-state index in [1.165, 1.54) is 6.20 Å². The van der Waals surface area contributed by atoms with Gasteiger partial charge in [0.2, 0.25) is 0 Å². The van der Waals surface area contributed by atoms with Crippen LogP contribution < -0.4 is 11.1 Å². The fourth-order valence-corrected chi connectivity index (χ4v) is 2.18. The average molecular weight is 244 g/mol. The Labute approximate surface area is 106 Å². The first-order valence-corrected chi connectivity index (χ1v) is 6.13. The Balaban J connectivity index is 2.00. The van der Waals surface area contributed by atoms with E-state index in [2.05, 4.69) is 10.3 Å². The molecule has 1 heterocycles. The predicted molar refractivity (Wildman–Crippen MR) is 66.6 cm³/mol. The zero-order valence-corrected chi connectivity index (χ0v) is 10.1. The summed E-state index contributed by atoms with van der Waals surface area (Å²) >= 11 is 0. The zero-order chi connectivity index (χ0) is 13.0. The fourth-order valence-electron chi connectivity index (χ4n) is 2.18. The van der Waals surface area contributed by atoms with Crippen LogP contribution in [0.25, 0.3) is 0 Å². The van der Waals surface area contributed by atoms with Gasteiger partial charge in [0.05, 0.1) is 5.56 Å². The van der Waals surface area contributed by atoms with Gasteiger partial charge in [0.1, 0.15) is 11.8 Å². The van der Waals surface area contributed by atoms with Crippen molar-refractivity contribution in [1.29, 1.82) is 5.26 Å². The maximum absolute atomic E-state index is 11.9. The predicted octanol–water partition coefficient (Wildman–Crippen LogP) is 0.953. The van der Waals surface area contributed by atoms with Gasteiger partial charge < -0.3 is 11.1 Å². The lowest BCUT2D eigenvalue weighted by Gasteiger charge is -2.29. The monoisotopic (exact) mass is 244 g/mol. The van der Waals surface area contributed by atoms with Gasteiger partial charge in [-0.2, -0.15) is 5.26 Å². The molecule has 0 spiro atoms. The molecule has 1 aromatic heterocycles. The molecule has 0 aromatic carbocycles. The van der Waals surface area contributed by atoms with Gasteiger partial charge in [0.25, 0.3) is 5.91 Å². The summed E-state index contributed by atoms with van der Waals surface area (Å²) in [6.45, 7) is 0. The fraction of sp³-hybridized carbons (Fsp3) is 0.462. The summed E-state index contributed by atoms with van der Waals surface area (Å²) in [7, 11) is 0. The van der Waals surface area contributed by atoms with Crippen LogP contribution >= 0.6 is 0 Å². The minimum absolute atomic E-state index is 0.0288. The van der Waals surface area contributed by atoms with E-state index in [1.807, 2.05) is 6.07 Å². The van der Waals surface area contributed by atoms with Crippen molar-refractivity contribution in [2.24, 2.45) is 5.73 Å². The molecule has 2 rings (SSSR count). The Morgan fingerprint density at radius 2 is 2.22 bits per heavy atom. The molecular weight excluding hydrogens is 228 g/mol. The number of pyridine rings is 1. The number of nitrogens with zero attached hydrogens (tertiary/aromatic N) is 2. The van der Waals surface area contributed by atoms with Crippen molar-refractivity contribution in [3.63, 3.8) is 0 Å². The smallest absolute Gasteiger partial charge is 0.270 e. The second-order valence-corrected chi connectivity index (χ2v) is 4.57. The summed E-state index contributed by atoms with van der Waals surface area (Å²) in [6.07, 6.45) is 5.49. The van der Waals surface area contributed by atoms with Gasteiger partial charge >= 0.3 is 0 Å².